The number of benzene rings is 1. The number of nitrogens with one attached hydrogen (secondary N) is 1. The van der Waals surface area contributed by atoms with Crippen molar-refractivity contribution in [3.8, 4) is 0 Å². The third-order valence-corrected chi connectivity index (χ3v) is 3.55. The summed E-state index contributed by atoms with van der Waals surface area (Å²) in [5, 5.41) is 3.09. The van der Waals surface area contributed by atoms with Gasteiger partial charge in [-0.25, -0.2) is 4.39 Å². The fourth-order valence-corrected chi connectivity index (χ4v) is 2.51. The molecule has 3 N–H and O–H groups in total. The van der Waals surface area contributed by atoms with Crippen LogP contribution in [0.25, 0.3) is 0 Å². The summed E-state index contributed by atoms with van der Waals surface area (Å²) >= 11 is 0. The van der Waals surface area contributed by atoms with Gasteiger partial charge in [0, 0.05) is 18.7 Å². The number of nitrogens with two attached hydrogens (primary N) is 1. The van der Waals surface area contributed by atoms with Crippen LogP contribution in [0.2, 0.25) is 0 Å². The van der Waals surface area contributed by atoms with Gasteiger partial charge in [0.1, 0.15) is 5.82 Å². The van der Waals surface area contributed by atoms with E-state index in [2.05, 4.69) is 17.3 Å². The Labute approximate surface area is 112 Å². The van der Waals surface area contributed by atoms with Gasteiger partial charge >= 0.3 is 0 Å². The molecule has 5 heteroatoms. The first-order valence-corrected chi connectivity index (χ1v) is 6.58. The van der Waals surface area contributed by atoms with Gasteiger partial charge in [-0.1, -0.05) is 0 Å². The number of primary amides is 1. The number of carbonyl (C=O) groups excluding carboxylic acids is 1. The highest BCUT2D eigenvalue weighted by Crippen LogP contribution is 2.19. The topological polar surface area (TPSA) is 58.4 Å². The molecule has 1 aliphatic heterocycles. The van der Waals surface area contributed by atoms with Gasteiger partial charge in [-0.3, -0.25) is 4.79 Å². The van der Waals surface area contributed by atoms with Crippen LogP contribution in [-0.2, 0) is 0 Å². The minimum atomic E-state index is -0.541. The van der Waals surface area contributed by atoms with Crippen LogP contribution in [0.4, 0.5) is 10.1 Å². The van der Waals surface area contributed by atoms with E-state index < -0.39 is 5.91 Å². The van der Waals surface area contributed by atoms with Crippen molar-refractivity contribution in [1.29, 1.82) is 0 Å². The van der Waals surface area contributed by atoms with Gasteiger partial charge in [0.2, 0.25) is 5.91 Å². The third kappa shape index (κ3) is 3.67. The molecule has 1 aliphatic rings. The van der Waals surface area contributed by atoms with Crippen LogP contribution in [0.3, 0.4) is 0 Å². The summed E-state index contributed by atoms with van der Waals surface area (Å²) in [4.78, 5) is 13.4. The average molecular weight is 265 g/mol. The predicted molar refractivity (Wildman–Crippen MR) is 73.6 cm³/mol. The van der Waals surface area contributed by atoms with Crippen molar-refractivity contribution in [1.82, 2.24) is 4.90 Å². The van der Waals surface area contributed by atoms with Crippen molar-refractivity contribution in [3.63, 3.8) is 0 Å². The van der Waals surface area contributed by atoms with Crippen molar-refractivity contribution < 1.29 is 9.18 Å². The minimum Gasteiger partial charge on any atom is -0.382 e. The zero-order valence-corrected chi connectivity index (χ0v) is 11.2. The van der Waals surface area contributed by atoms with Crippen molar-refractivity contribution in [2.75, 3.05) is 32.0 Å². The van der Waals surface area contributed by atoms with Crippen LogP contribution in [0.15, 0.2) is 18.2 Å². The Bertz CT molecular complexity index is 464. The molecule has 0 spiro atoms. The number of amides is 1. The fourth-order valence-electron chi connectivity index (χ4n) is 2.51. The minimum absolute atomic E-state index is 0.324. The number of rotatable bonds is 4. The standard InChI is InChI=1S/C14H20FN3O/c1-18-6-2-3-10(9-18)8-17-13-7-11(14(16)19)4-5-12(13)15/h4-5,7,10,17H,2-3,6,8-9H2,1H3,(H2,16,19). The lowest BCUT2D eigenvalue weighted by Crippen LogP contribution is -2.35. The molecule has 1 aromatic rings. The van der Waals surface area contributed by atoms with Gasteiger partial charge in [0.25, 0.3) is 0 Å². The molecule has 0 saturated carbocycles. The smallest absolute Gasteiger partial charge is 0.248 e. The summed E-state index contributed by atoms with van der Waals surface area (Å²) in [5.74, 6) is -0.384. The van der Waals surface area contributed by atoms with Crippen LogP contribution in [-0.4, -0.2) is 37.5 Å². The second kappa shape index (κ2) is 6.02. The number of hydrogen-bond acceptors (Lipinski definition) is 3. The number of halogens is 1. The SMILES string of the molecule is CN1CCCC(CNc2cc(C(N)=O)ccc2F)C1. The van der Waals surface area contributed by atoms with Crippen LogP contribution in [0.5, 0.6) is 0 Å². The maximum atomic E-state index is 13.6. The first-order valence-electron chi connectivity index (χ1n) is 6.58. The molecular weight excluding hydrogens is 245 g/mol. The first-order chi connectivity index (χ1) is 9.06. The van der Waals surface area contributed by atoms with Gasteiger partial charge < -0.3 is 16.0 Å². The number of likely N-dealkylation sites (tertiary alicyclic amines) is 1. The molecule has 19 heavy (non-hydrogen) atoms. The van der Waals surface area contributed by atoms with Crippen molar-refractivity contribution in [3.05, 3.63) is 29.6 Å². The van der Waals surface area contributed by atoms with Gasteiger partial charge in [0.15, 0.2) is 0 Å². The molecular formula is C14H20FN3O. The maximum absolute atomic E-state index is 13.6. The summed E-state index contributed by atoms with van der Waals surface area (Å²) in [6.45, 7) is 2.86. The van der Waals surface area contributed by atoms with E-state index in [1.807, 2.05) is 0 Å². The first kappa shape index (κ1) is 13.8. The zero-order valence-electron chi connectivity index (χ0n) is 11.2. The molecule has 1 amide bonds. The van der Waals surface area contributed by atoms with E-state index in [-0.39, 0.29) is 5.82 Å². The molecule has 0 aliphatic carbocycles. The highest BCUT2D eigenvalue weighted by atomic mass is 19.1. The number of nitrogens with zero attached hydrogens (tertiary/aromatic N) is 1. The zero-order chi connectivity index (χ0) is 13.8. The Morgan fingerprint density at radius 3 is 3.05 bits per heavy atom. The lowest BCUT2D eigenvalue weighted by atomic mass is 9.98. The van der Waals surface area contributed by atoms with Crippen molar-refractivity contribution in [2.45, 2.75) is 12.8 Å². The van der Waals surface area contributed by atoms with Crippen molar-refractivity contribution in [2.24, 2.45) is 11.7 Å². The molecule has 1 unspecified atom stereocenters. The lowest BCUT2D eigenvalue weighted by Gasteiger charge is -2.30. The second-order valence-corrected chi connectivity index (χ2v) is 5.21. The molecule has 1 fully saturated rings. The van der Waals surface area contributed by atoms with E-state index in [4.69, 9.17) is 5.73 Å². The van der Waals surface area contributed by atoms with Gasteiger partial charge in [0.05, 0.1) is 5.69 Å². The molecule has 1 atom stereocenters. The van der Waals surface area contributed by atoms with E-state index in [1.165, 1.54) is 24.6 Å². The van der Waals surface area contributed by atoms with E-state index in [0.717, 1.165) is 19.5 Å². The van der Waals surface area contributed by atoms with Gasteiger partial charge in [-0.2, -0.15) is 0 Å². The highest BCUT2D eigenvalue weighted by molar-refractivity contribution is 5.93. The summed E-state index contributed by atoms with van der Waals surface area (Å²) in [7, 11) is 2.10. The van der Waals surface area contributed by atoms with Crippen LogP contribution >= 0.6 is 0 Å². The fraction of sp³-hybridized carbons (Fsp3) is 0.500. The van der Waals surface area contributed by atoms with Gasteiger partial charge in [-0.15, -0.1) is 0 Å². The number of anilines is 1. The maximum Gasteiger partial charge on any atom is 0.248 e. The normalized spacial score (nSPS) is 20.2. The summed E-state index contributed by atoms with van der Waals surface area (Å²) in [6, 6.07) is 4.15. The van der Waals surface area contributed by atoms with E-state index in [9.17, 15) is 9.18 Å². The second-order valence-electron chi connectivity index (χ2n) is 5.21. The van der Waals surface area contributed by atoms with E-state index >= 15 is 0 Å². The van der Waals surface area contributed by atoms with E-state index in [0.29, 0.717) is 23.7 Å². The number of carbonyl (C=O) groups is 1. The highest BCUT2D eigenvalue weighted by Gasteiger charge is 2.17. The molecule has 104 valence electrons. The molecule has 4 nitrogen and oxygen atoms in total. The summed E-state index contributed by atoms with van der Waals surface area (Å²) in [6.07, 6.45) is 2.32. The molecule has 0 aromatic heterocycles. The van der Waals surface area contributed by atoms with Crippen LogP contribution in [0.1, 0.15) is 23.2 Å². The largest absolute Gasteiger partial charge is 0.382 e. The monoisotopic (exact) mass is 265 g/mol. The Morgan fingerprint density at radius 1 is 1.58 bits per heavy atom. The van der Waals surface area contributed by atoms with Crippen molar-refractivity contribution >= 4 is 11.6 Å². The molecule has 1 heterocycles. The molecule has 1 saturated heterocycles. The molecule has 1 aromatic carbocycles. The Kier molecular flexibility index (Phi) is 4.37. The third-order valence-electron chi connectivity index (χ3n) is 3.55. The Morgan fingerprint density at radius 2 is 2.37 bits per heavy atom. The Hall–Kier alpha value is -1.62. The Balaban J connectivity index is 1.98. The van der Waals surface area contributed by atoms with Crippen LogP contribution in [0, 0.1) is 11.7 Å². The van der Waals surface area contributed by atoms with E-state index in [1.54, 1.807) is 0 Å². The molecule has 0 bridgehead atoms. The summed E-state index contributed by atoms with van der Waals surface area (Å²) in [5.41, 5.74) is 5.87. The summed E-state index contributed by atoms with van der Waals surface area (Å²) < 4.78 is 13.6. The number of piperidine rings is 1. The number of hydrogen-bond donors (Lipinski definition) is 2. The van der Waals surface area contributed by atoms with Crippen LogP contribution < -0.4 is 11.1 Å². The predicted octanol–water partition coefficient (Wildman–Crippen LogP) is 1.68. The lowest BCUT2D eigenvalue weighted by molar-refractivity contribution is 0.100. The molecule has 2 rings (SSSR count). The molecule has 0 radical (unpaired) electrons. The quantitative estimate of drug-likeness (QED) is 0.870. The van der Waals surface area contributed by atoms with Gasteiger partial charge in [-0.05, 0) is 50.6 Å². The average Bonchev–Trinajstić information content (AvgIpc) is 2.37.